The Hall–Kier alpha value is -2.96. The highest BCUT2D eigenvalue weighted by molar-refractivity contribution is 6.05. The minimum Gasteiger partial charge on any atom is -0.490 e. The molecule has 0 aliphatic heterocycles. The van der Waals surface area contributed by atoms with Crippen LogP contribution in [-0.2, 0) is 0 Å². The number of nitrogens with one attached hydrogen (secondary N) is 1. The van der Waals surface area contributed by atoms with Gasteiger partial charge in [0.2, 0.25) is 5.75 Å². The van der Waals surface area contributed by atoms with Crippen molar-refractivity contribution in [3.63, 3.8) is 0 Å². The predicted octanol–water partition coefficient (Wildman–Crippen LogP) is 3.11. The lowest BCUT2D eigenvalue weighted by molar-refractivity contribution is 0.102. The normalized spacial score (nSPS) is 10.2. The van der Waals surface area contributed by atoms with E-state index in [0.717, 1.165) is 0 Å². The average Bonchev–Trinajstić information content (AvgIpc) is 2.60. The van der Waals surface area contributed by atoms with E-state index in [4.69, 9.17) is 19.9 Å². The molecule has 2 aromatic rings. The number of rotatable bonds is 8. The summed E-state index contributed by atoms with van der Waals surface area (Å²) in [5.41, 5.74) is 6.49. The molecule has 0 unspecified atom stereocenters. The number of carbonyl (C=O) groups excluding carboxylic acids is 1. The van der Waals surface area contributed by atoms with E-state index < -0.39 is 0 Å². The topological polar surface area (TPSA) is 95.7 Å². The fourth-order valence-corrected chi connectivity index (χ4v) is 2.20. The van der Waals surface area contributed by atoms with Crippen LogP contribution in [0.5, 0.6) is 17.2 Å². The number of amides is 1. The van der Waals surface area contributed by atoms with Gasteiger partial charge in [-0.1, -0.05) is 0 Å². The smallest absolute Gasteiger partial charge is 0.255 e. The number of ether oxygens (including phenoxy) is 3. The Balaban J connectivity index is 2.34. The monoisotopic (exact) mass is 345 g/mol. The zero-order valence-electron chi connectivity index (χ0n) is 14.7. The van der Waals surface area contributed by atoms with E-state index in [1.807, 2.05) is 20.8 Å². The van der Waals surface area contributed by atoms with Gasteiger partial charge in [-0.15, -0.1) is 0 Å². The minimum atomic E-state index is -0.309. The van der Waals surface area contributed by atoms with Crippen molar-refractivity contribution in [2.24, 2.45) is 0 Å². The maximum Gasteiger partial charge on any atom is 0.255 e. The van der Waals surface area contributed by atoms with Crippen molar-refractivity contribution < 1.29 is 19.0 Å². The second-order valence-electron chi connectivity index (χ2n) is 5.03. The van der Waals surface area contributed by atoms with E-state index >= 15 is 0 Å². The number of benzene rings is 1. The molecule has 0 fully saturated rings. The molecule has 0 aliphatic rings. The first-order chi connectivity index (χ1) is 12.1. The number of nitrogens with zero attached hydrogens (tertiary/aromatic N) is 1. The van der Waals surface area contributed by atoms with E-state index in [-0.39, 0.29) is 5.91 Å². The molecule has 25 heavy (non-hydrogen) atoms. The van der Waals surface area contributed by atoms with Crippen LogP contribution in [0.15, 0.2) is 30.5 Å². The number of hydrogen-bond acceptors (Lipinski definition) is 6. The molecule has 7 nitrogen and oxygen atoms in total. The zero-order valence-corrected chi connectivity index (χ0v) is 14.7. The molecule has 0 bridgehead atoms. The van der Waals surface area contributed by atoms with Gasteiger partial charge in [0, 0.05) is 5.56 Å². The summed E-state index contributed by atoms with van der Waals surface area (Å²) in [6.45, 7) is 6.95. The highest BCUT2D eigenvalue weighted by Gasteiger charge is 2.18. The van der Waals surface area contributed by atoms with Gasteiger partial charge < -0.3 is 25.3 Å². The molecule has 2 rings (SSSR count). The Kier molecular flexibility index (Phi) is 6.45. The summed E-state index contributed by atoms with van der Waals surface area (Å²) in [4.78, 5) is 16.5. The Labute approximate surface area is 147 Å². The lowest BCUT2D eigenvalue weighted by atomic mass is 10.1. The van der Waals surface area contributed by atoms with Gasteiger partial charge in [-0.3, -0.25) is 4.79 Å². The molecule has 1 aromatic carbocycles. The number of anilines is 2. The summed E-state index contributed by atoms with van der Waals surface area (Å²) in [6, 6.07) is 6.57. The van der Waals surface area contributed by atoms with Gasteiger partial charge in [0.15, 0.2) is 11.5 Å². The summed E-state index contributed by atoms with van der Waals surface area (Å²) in [7, 11) is 0. The van der Waals surface area contributed by atoms with Crippen LogP contribution in [0.4, 0.5) is 11.5 Å². The van der Waals surface area contributed by atoms with Gasteiger partial charge in [-0.25, -0.2) is 4.98 Å². The fraction of sp³-hybridized carbons (Fsp3) is 0.333. The summed E-state index contributed by atoms with van der Waals surface area (Å²) in [6.07, 6.45) is 1.49. The van der Waals surface area contributed by atoms with E-state index in [2.05, 4.69) is 10.3 Å². The minimum absolute atomic E-state index is 0.309. The molecule has 0 spiro atoms. The number of pyridine rings is 1. The second-order valence-corrected chi connectivity index (χ2v) is 5.03. The van der Waals surface area contributed by atoms with Crippen LogP contribution in [0.3, 0.4) is 0 Å². The third kappa shape index (κ3) is 4.76. The Bertz CT molecular complexity index is 690. The van der Waals surface area contributed by atoms with Crippen molar-refractivity contribution in [3.05, 3.63) is 36.0 Å². The molecule has 3 N–H and O–H groups in total. The van der Waals surface area contributed by atoms with Crippen molar-refractivity contribution >= 4 is 17.4 Å². The van der Waals surface area contributed by atoms with Crippen LogP contribution in [0.25, 0.3) is 0 Å². The van der Waals surface area contributed by atoms with Gasteiger partial charge >= 0.3 is 0 Å². The Morgan fingerprint density at radius 1 is 1.04 bits per heavy atom. The van der Waals surface area contributed by atoms with Crippen LogP contribution in [0.2, 0.25) is 0 Å². The van der Waals surface area contributed by atoms with Crippen LogP contribution >= 0.6 is 0 Å². The van der Waals surface area contributed by atoms with Crippen molar-refractivity contribution in [2.45, 2.75) is 20.8 Å². The molecule has 134 valence electrons. The van der Waals surface area contributed by atoms with Crippen molar-refractivity contribution in [1.29, 1.82) is 0 Å². The van der Waals surface area contributed by atoms with E-state index in [0.29, 0.717) is 54.1 Å². The molecular formula is C18H23N3O4. The second kappa shape index (κ2) is 8.77. The van der Waals surface area contributed by atoms with E-state index in [1.54, 1.807) is 24.3 Å². The summed E-state index contributed by atoms with van der Waals surface area (Å²) >= 11 is 0. The van der Waals surface area contributed by atoms with Gasteiger partial charge in [-0.2, -0.15) is 0 Å². The maximum atomic E-state index is 12.6. The first-order valence-electron chi connectivity index (χ1n) is 8.18. The lowest BCUT2D eigenvalue weighted by Gasteiger charge is -2.17. The SMILES string of the molecule is CCOc1cc(C(=O)Nc2ccc(N)nc2)cc(OCC)c1OCC. The molecule has 0 atom stereocenters. The highest BCUT2D eigenvalue weighted by atomic mass is 16.5. The van der Waals surface area contributed by atoms with E-state index in [1.165, 1.54) is 6.20 Å². The third-order valence-electron chi connectivity index (χ3n) is 3.22. The van der Waals surface area contributed by atoms with Crippen LogP contribution < -0.4 is 25.3 Å². The molecule has 1 heterocycles. The van der Waals surface area contributed by atoms with Gasteiger partial charge in [0.05, 0.1) is 31.7 Å². The van der Waals surface area contributed by atoms with Crippen molar-refractivity contribution in [1.82, 2.24) is 4.98 Å². The Morgan fingerprint density at radius 2 is 1.64 bits per heavy atom. The van der Waals surface area contributed by atoms with Crippen LogP contribution in [-0.4, -0.2) is 30.7 Å². The maximum absolute atomic E-state index is 12.6. The standard InChI is InChI=1S/C18H23N3O4/c1-4-23-14-9-12(10-15(24-5-2)17(14)25-6-3)18(22)21-13-7-8-16(19)20-11-13/h7-11H,4-6H2,1-3H3,(H2,19,20)(H,21,22). The molecule has 0 aliphatic carbocycles. The summed E-state index contributed by atoms with van der Waals surface area (Å²) < 4.78 is 16.9. The molecule has 0 saturated carbocycles. The molecule has 0 radical (unpaired) electrons. The number of nitrogens with two attached hydrogens (primary N) is 1. The quantitative estimate of drug-likeness (QED) is 0.763. The molecular weight excluding hydrogens is 322 g/mol. The number of nitrogen functional groups attached to an aromatic ring is 1. The average molecular weight is 345 g/mol. The van der Waals surface area contributed by atoms with Gasteiger partial charge in [0.25, 0.3) is 5.91 Å². The van der Waals surface area contributed by atoms with Crippen LogP contribution in [0.1, 0.15) is 31.1 Å². The molecule has 0 saturated heterocycles. The molecule has 1 aromatic heterocycles. The zero-order chi connectivity index (χ0) is 18.2. The number of hydrogen-bond donors (Lipinski definition) is 2. The van der Waals surface area contributed by atoms with Crippen molar-refractivity contribution in [3.8, 4) is 17.2 Å². The largest absolute Gasteiger partial charge is 0.490 e. The summed E-state index contributed by atoms with van der Waals surface area (Å²) in [5.74, 6) is 1.51. The number of aromatic nitrogens is 1. The van der Waals surface area contributed by atoms with E-state index in [9.17, 15) is 4.79 Å². The third-order valence-corrected chi connectivity index (χ3v) is 3.22. The van der Waals surface area contributed by atoms with Crippen LogP contribution in [0, 0.1) is 0 Å². The van der Waals surface area contributed by atoms with Crippen molar-refractivity contribution in [2.75, 3.05) is 30.9 Å². The predicted molar refractivity (Wildman–Crippen MR) is 96.6 cm³/mol. The first-order valence-corrected chi connectivity index (χ1v) is 8.18. The molecule has 7 heteroatoms. The van der Waals surface area contributed by atoms with Gasteiger partial charge in [-0.05, 0) is 45.0 Å². The lowest BCUT2D eigenvalue weighted by Crippen LogP contribution is -2.13. The molecule has 1 amide bonds. The van der Waals surface area contributed by atoms with Gasteiger partial charge in [0.1, 0.15) is 5.82 Å². The number of carbonyl (C=O) groups is 1. The highest BCUT2D eigenvalue weighted by Crippen LogP contribution is 2.39. The Morgan fingerprint density at radius 3 is 2.12 bits per heavy atom. The summed E-state index contributed by atoms with van der Waals surface area (Å²) in [5, 5.41) is 2.77. The first kappa shape index (κ1) is 18.4. The fourth-order valence-electron chi connectivity index (χ4n) is 2.20.